The first-order chi connectivity index (χ1) is 19.5. The van der Waals surface area contributed by atoms with Crippen LogP contribution in [0.3, 0.4) is 0 Å². The molecular formula is C33H32ClFN2O3. The van der Waals surface area contributed by atoms with E-state index in [1.54, 1.807) is 19.1 Å². The number of hydrogen-bond donors (Lipinski definition) is 0. The van der Waals surface area contributed by atoms with Crippen molar-refractivity contribution in [2.75, 3.05) is 13.2 Å². The number of aromatic nitrogens is 2. The lowest BCUT2D eigenvalue weighted by Gasteiger charge is -2.23. The van der Waals surface area contributed by atoms with E-state index in [0.29, 0.717) is 18.1 Å². The Morgan fingerprint density at radius 3 is 2.60 bits per heavy atom. The third-order valence-corrected chi connectivity index (χ3v) is 7.43. The molecule has 0 radical (unpaired) electrons. The normalized spacial score (nSPS) is 16.4. The summed E-state index contributed by atoms with van der Waals surface area (Å²) in [5.74, 6) is -0.749. The number of nitrogens with zero attached hydrogens (tertiary/aromatic N) is 2. The largest absolute Gasteiger partial charge is 0.463 e. The summed E-state index contributed by atoms with van der Waals surface area (Å²) in [6.07, 6.45) is 8.82. The first-order valence-corrected chi connectivity index (χ1v) is 14.1. The van der Waals surface area contributed by atoms with Crippen LogP contribution in [0, 0.1) is 5.82 Å². The minimum absolute atomic E-state index is 0.0495. The highest BCUT2D eigenvalue weighted by Crippen LogP contribution is 2.39. The lowest BCUT2D eigenvalue weighted by Crippen LogP contribution is -2.18. The summed E-state index contributed by atoms with van der Waals surface area (Å²) in [7, 11) is 0. The highest BCUT2D eigenvalue weighted by molar-refractivity contribution is 6.32. The molecule has 7 heteroatoms. The maximum absolute atomic E-state index is 14.0. The van der Waals surface area contributed by atoms with Crippen molar-refractivity contribution in [3.8, 4) is 0 Å². The fraction of sp³-hybridized carbons (Fsp3) is 0.273. The van der Waals surface area contributed by atoms with E-state index >= 15 is 0 Å². The van der Waals surface area contributed by atoms with Crippen molar-refractivity contribution < 1.29 is 18.7 Å². The molecule has 3 aromatic carbocycles. The van der Waals surface area contributed by atoms with Crippen molar-refractivity contribution in [1.29, 1.82) is 0 Å². The summed E-state index contributed by atoms with van der Waals surface area (Å²) in [5, 5.41) is 6.05. The molecule has 1 saturated heterocycles. The zero-order valence-electron chi connectivity index (χ0n) is 22.7. The van der Waals surface area contributed by atoms with Gasteiger partial charge in [-0.05, 0) is 96.3 Å². The predicted octanol–water partition coefficient (Wildman–Crippen LogP) is 8.47. The van der Waals surface area contributed by atoms with Crippen LogP contribution < -0.4 is 0 Å². The van der Waals surface area contributed by atoms with Crippen molar-refractivity contribution >= 4 is 45.7 Å². The van der Waals surface area contributed by atoms with Crippen molar-refractivity contribution in [3.05, 3.63) is 106 Å². The molecule has 0 N–H and O–H groups in total. The van der Waals surface area contributed by atoms with Gasteiger partial charge in [0, 0.05) is 18.1 Å². The average Bonchev–Trinajstić information content (AvgIpc) is 3.40. The van der Waals surface area contributed by atoms with Gasteiger partial charge in [0.2, 0.25) is 0 Å². The highest BCUT2D eigenvalue weighted by atomic mass is 35.5. The van der Waals surface area contributed by atoms with Gasteiger partial charge >= 0.3 is 5.97 Å². The monoisotopic (exact) mass is 558 g/mol. The maximum atomic E-state index is 14.0. The van der Waals surface area contributed by atoms with Gasteiger partial charge < -0.3 is 9.47 Å². The molecule has 0 aliphatic carbocycles. The van der Waals surface area contributed by atoms with Crippen LogP contribution in [0.25, 0.3) is 28.1 Å². The zero-order chi connectivity index (χ0) is 28.1. The van der Waals surface area contributed by atoms with Gasteiger partial charge in [-0.1, -0.05) is 54.9 Å². The van der Waals surface area contributed by atoms with Crippen molar-refractivity contribution in [1.82, 2.24) is 9.78 Å². The minimum atomic E-state index is -0.376. The van der Waals surface area contributed by atoms with Crippen LogP contribution in [0.5, 0.6) is 0 Å². The molecule has 2 heterocycles. The Bertz CT molecular complexity index is 1570. The van der Waals surface area contributed by atoms with Crippen molar-refractivity contribution in [2.24, 2.45) is 0 Å². The highest BCUT2D eigenvalue weighted by Gasteiger charge is 2.20. The Kier molecular flexibility index (Phi) is 8.78. The second-order valence-corrected chi connectivity index (χ2v) is 10.1. The number of rotatable bonds is 8. The standard InChI is InChI=1S/C33H32ClFN2O3/c1-3-27(28-15-14-26(35)20-29(28)34)33(23-11-8-22(9-12-23)10-17-32(38)39-4-2)24-13-16-30-25(19-24)21-36-37(30)31-7-5-6-18-40-31/h8-17,19-21,31H,3-7,18H2,1-2H3. The van der Waals surface area contributed by atoms with Gasteiger partial charge in [0.1, 0.15) is 5.82 Å². The van der Waals surface area contributed by atoms with Crippen LogP contribution in [0.15, 0.2) is 72.9 Å². The molecule has 0 spiro atoms. The average molecular weight is 559 g/mol. The first kappa shape index (κ1) is 27.8. The summed E-state index contributed by atoms with van der Waals surface area (Å²) < 4.78 is 26.9. The number of hydrogen-bond acceptors (Lipinski definition) is 4. The number of fused-ring (bicyclic) bond motifs is 1. The topological polar surface area (TPSA) is 53.3 Å². The number of benzene rings is 3. The van der Waals surface area contributed by atoms with Gasteiger partial charge in [-0.2, -0.15) is 5.10 Å². The van der Waals surface area contributed by atoms with Crippen LogP contribution in [-0.4, -0.2) is 29.0 Å². The van der Waals surface area contributed by atoms with E-state index in [-0.39, 0.29) is 18.0 Å². The number of allylic oxidation sites excluding steroid dienone is 1. The van der Waals surface area contributed by atoms with E-state index in [2.05, 4.69) is 30.2 Å². The third kappa shape index (κ3) is 6.03. The van der Waals surface area contributed by atoms with E-state index in [1.807, 2.05) is 35.1 Å². The predicted molar refractivity (Wildman–Crippen MR) is 158 cm³/mol. The Labute approximate surface area is 238 Å². The molecule has 1 unspecified atom stereocenters. The lowest BCUT2D eigenvalue weighted by molar-refractivity contribution is -0.137. The summed E-state index contributed by atoms with van der Waals surface area (Å²) in [6, 6.07) is 18.8. The molecule has 0 saturated carbocycles. The number of carbonyl (C=O) groups is 1. The molecule has 1 aliphatic heterocycles. The Hall–Kier alpha value is -3.74. The smallest absolute Gasteiger partial charge is 0.330 e. The fourth-order valence-electron chi connectivity index (χ4n) is 5.22. The fourth-order valence-corrected chi connectivity index (χ4v) is 5.50. The van der Waals surface area contributed by atoms with Gasteiger partial charge in [-0.3, -0.25) is 0 Å². The van der Waals surface area contributed by atoms with E-state index in [4.69, 9.17) is 21.1 Å². The molecule has 5 nitrogen and oxygen atoms in total. The molecule has 1 aliphatic rings. The number of halogens is 2. The second kappa shape index (κ2) is 12.6. The Morgan fingerprint density at radius 2 is 1.90 bits per heavy atom. The van der Waals surface area contributed by atoms with E-state index in [9.17, 15) is 9.18 Å². The second-order valence-electron chi connectivity index (χ2n) is 9.72. The van der Waals surface area contributed by atoms with E-state index in [0.717, 1.165) is 70.2 Å². The molecule has 0 amide bonds. The van der Waals surface area contributed by atoms with Gasteiger partial charge in [-0.25, -0.2) is 13.9 Å². The first-order valence-electron chi connectivity index (χ1n) is 13.7. The van der Waals surface area contributed by atoms with Crippen LogP contribution in [0.1, 0.15) is 68.0 Å². The molecule has 0 bridgehead atoms. The molecule has 206 valence electrons. The van der Waals surface area contributed by atoms with Gasteiger partial charge in [0.05, 0.1) is 23.3 Å². The molecule has 4 aromatic rings. The maximum Gasteiger partial charge on any atom is 0.330 e. The Morgan fingerprint density at radius 1 is 1.10 bits per heavy atom. The summed E-state index contributed by atoms with van der Waals surface area (Å²) in [5.41, 5.74) is 6.67. The van der Waals surface area contributed by atoms with Gasteiger partial charge in [0.25, 0.3) is 0 Å². The molecule has 5 rings (SSSR count). The van der Waals surface area contributed by atoms with Gasteiger partial charge in [-0.15, -0.1) is 0 Å². The van der Waals surface area contributed by atoms with Crippen molar-refractivity contribution in [2.45, 2.75) is 45.8 Å². The van der Waals surface area contributed by atoms with Gasteiger partial charge in [0.15, 0.2) is 6.23 Å². The van der Waals surface area contributed by atoms with Crippen LogP contribution in [0.4, 0.5) is 4.39 Å². The quantitative estimate of drug-likeness (QED) is 0.124. The van der Waals surface area contributed by atoms with E-state index < -0.39 is 0 Å². The van der Waals surface area contributed by atoms with Crippen LogP contribution in [0.2, 0.25) is 5.02 Å². The van der Waals surface area contributed by atoms with E-state index in [1.165, 1.54) is 18.2 Å². The van der Waals surface area contributed by atoms with Crippen LogP contribution >= 0.6 is 11.6 Å². The zero-order valence-corrected chi connectivity index (χ0v) is 23.5. The SMILES string of the molecule is CCOC(=O)C=Cc1ccc(C(=C(CC)c2ccc(F)cc2Cl)c2ccc3c(cnn3C3CCCCO3)c2)cc1. The molecule has 40 heavy (non-hydrogen) atoms. The lowest BCUT2D eigenvalue weighted by atomic mass is 9.87. The minimum Gasteiger partial charge on any atom is -0.463 e. The third-order valence-electron chi connectivity index (χ3n) is 7.12. The molecule has 1 aromatic heterocycles. The number of carbonyl (C=O) groups excluding carboxylic acids is 1. The summed E-state index contributed by atoms with van der Waals surface area (Å²) in [6.45, 7) is 4.93. The summed E-state index contributed by atoms with van der Waals surface area (Å²) >= 11 is 6.57. The van der Waals surface area contributed by atoms with Crippen molar-refractivity contribution in [3.63, 3.8) is 0 Å². The molecule has 1 atom stereocenters. The molecule has 1 fully saturated rings. The number of ether oxygens (including phenoxy) is 2. The van der Waals surface area contributed by atoms with Crippen LogP contribution in [-0.2, 0) is 14.3 Å². The number of esters is 1. The Balaban J connectivity index is 1.61. The molecular weight excluding hydrogens is 527 g/mol. The summed E-state index contributed by atoms with van der Waals surface area (Å²) in [4.78, 5) is 11.8.